The van der Waals surface area contributed by atoms with E-state index in [1.54, 1.807) is 12.3 Å². The van der Waals surface area contributed by atoms with Crippen LogP contribution in [0.15, 0.2) is 18.3 Å². The van der Waals surface area contributed by atoms with E-state index in [0.717, 1.165) is 31.5 Å². The van der Waals surface area contributed by atoms with Crippen molar-refractivity contribution >= 4 is 11.6 Å². The summed E-state index contributed by atoms with van der Waals surface area (Å²) >= 11 is 0. The number of hydrogen-bond acceptors (Lipinski definition) is 3. The minimum absolute atomic E-state index is 0.193. The van der Waals surface area contributed by atoms with E-state index in [0.29, 0.717) is 18.2 Å². The molecule has 2 rings (SSSR count). The van der Waals surface area contributed by atoms with Crippen molar-refractivity contribution < 1.29 is 4.79 Å². The highest BCUT2D eigenvalue weighted by molar-refractivity contribution is 5.78. The molecule has 1 atom stereocenters. The lowest BCUT2D eigenvalue weighted by Gasteiger charge is -2.35. The number of likely N-dealkylation sites (tertiary alicyclic amines) is 1. The summed E-state index contributed by atoms with van der Waals surface area (Å²) in [5.41, 5.74) is 7.02. The summed E-state index contributed by atoms with van der Waals surface area (Å²) in [6, 6.07) is 4.04. The van der Waals surface area contributed by atoms with E-state index in [9.17, 15) is 4.79 Å². The van der Waals surface area contributed by atoms with Crippen LogP contribution in [0.3, 0.4) is 0 Å². The molecular weight excluding hydrogens is 226 g/mol. The molecule has 0 bridgehead atoms. The molecule has 18 heavy (non-hydrogen) atoms. The summed E-state index contributed by atoms with van der Waals surface area (Å²) in [6.07, 6.45) is 6.53. The molecule has 0 spiro atoms. The third-order valence-corrected chi connectivity index (χ3v) is 3.60. The SMILES string of the molecule is CCC1CCCCN1C(=O)Cc1ccc(N)cn1. The topological polar surface area (TPSA) is 59.2 Å². The second kappa shape index (κ2) is 5.85. The van der Waals surface area contributed by atoms with Gasteiger partial charge in [-0.15, -0.1) is 0 Å². The summed E-state index contributed by atoms with van der Waals surface area (Å²) in [6.45, 7) is 3.05. The number of anilines is 1. The maximum absolute atomic E-state index is 12.3. The fourth-order valence-electron chi connectivity index (χ4n) is 2.55. The first-order valence-corrected chi connectivity index (χ1v) is 6.70. The van der Waals surface area contributed by atoms with Crippen molar-refractivity contribution in [2.75, 3.05) is 12.3 Å². The first-order chi connectivity index (χ1) is 8.70. The quantitative estimate of drug-likeness (QED) is 0.888. The van der Waals surface area contributed by atoms with Gasteiger partial charge in [-0.2, -0.15) is 0 Å². The van der Waals surface area contributed by atoms with Gasteiger partial charge in [0.15, 0.2) is 0 Å². The fourth-order valence-corrected chi connectivity index (χ4v) is 2.55. The van der Waals surface area contributed by atoms with Gasteiger partial charge in [-0.3, -0.25) is 9.78 Å². The predicted octanol–water partition coefficient (Wildman–Crippen LogP) is 2.00. The van der Waals surface area contributed by atoms with Gasteiger partial charge >= 0.3 is 0 Å². The highest BCUT2D eigenvalue weighted by Crippen LogP contribution is 2.20. The van der Waals surface area contributed by atoms with Crippen molar-refractivity contribution in [1.29, 1.82) is 0 Å². The Kier molecular flexibility index (Phi) is 4.18. The molecule has 4 nitrogen and oxygen atoms in total. The number of pyridine rings is 1. The molecule has 1 aromatic rings. The minimum atomic E-state index is 0.193. The van der Waals surface area contributed by atoms with Crippen LogP contribution >= 0.6 is 0 Å². The number of nitrogens with zero attached hydrogens (tertiary/aromatic N) is 2. The van der Waals surface area contributed by atoms with Gasteiger partial charge in [-0.05, 0) is 37.8 Å². The van der Waals surface area contributed by atoms with Crippen LogP contribution in [0.1, 0.15) is 38.3 Å². The number of nitrogen functional groups attached to an aromatic ring is 1. The lowest BCUT2D eigenvalue weighted by Crippen LogP contribution is -2.44. The highest BCUT2D eigenvalue weighted by atomic mass is 16.2. The van der Waals surface area contributed by atoms with Crippen molar-refractivity contribution in [2.24, 2.45) is 0 Å². The molecule has 2 N–H and O–H groups in total. The molecule has 1 aliphatic heterocycles. The van der Waals surface area contributed by atoms with Crippen LogP contribution in [-0.2, 0) is 11.2 Å². The van der Waals surface area contributed by atoms with E-state index in [1.165, 1.54) is 6.42 Å². The van der Waals surface area contributed by atoms with Crippen LogP contribution in [-0.4, -0.2) is 28.4 Å². The van der Waals surface area contributed by atoms with Gasteiger partial charge < -0.3 is 10.6 Å². The minimum Gasteiger partial charge on any atom is -0.397 e. The molecule has 0 saturated carbocycles. The van der Waals surface area contributed by atoms with E-state index in [-0.39, 0.29) is 5.91 Å². The van der Waals surface area contributed by atoms with Crippen molar-refractivity contribution in [2.45, 2.75) is 45.1 Å². The third-order valence-electron chi connectivity index (χ3n) is 3.60. The van der Waals surface area contributed by atoms with E-state index in [1.807, 2.05) is 11.0 Å². The van der Waals surface area contributed by atoms with E-state index in [4.69, 9.17) is 5.73 Å². The Balaban J connectivity index is 2.00. The van der Waals surface area contributed by atoms with Gasteiger partial charge in [0.25, 0.3) is 0 Å². The van der Waals surface area contributed by atoms with E-state index in [2.05, 4.69) is 11.9 Å². The zero-order valence-electron chi connectivity index (χ0n) is 10.9. The van der Waals surface area contributed by atoms with Crippen LogP contribution in [0, 0.1) is 0 Å². The number of piperidine rings is 1. The lowest BCUT2D eigenvalue weighted by molar-refractivity contribution is -0.134. The second-order valence-corrected chi connectivity index (χ2v) is 4.90. The summed E-state index contributed by atoms with van der Waals surface area (Å²) in [5, 5.41) is 0. The Morgan fingerprint density at radius 1 is 1.50 bits per heavy atom. The van der Waals surface area contributed by atoms with Gasteiger partial charge in [0, 0.05) is 18.3 Å². The molecule has 0 aromatic carbocycles. The van der Waals surface area contributed by atoms with Crippen molar-refractivity contribution in [3.05, 3.63) is 24.0 Å². The largest absolute Gasteiger partial charge is 0.397 e. The molecule has 2 heterocycles. The highest BCUT2D eigenvalue weighted by Gasteiger charge is 2.25. The molecule has 0 aliphatic carbocycles. The number of carbonyl (C=O) groups is 1. The smallest absolute Gasteiger partial charge is 0.228 e. The second-order valence-electron chi connectivity index (χ2n) is 4.90. The number of hydrogen-bond donors (Lipinski definition) is 1. The molecule has 0 radical (unpaired) electrons. The Labute approximate surface area is 108 Å². The Bertz CT molecular complexity index is 402. The van der Waals surface area contributed by atoms with Crippen molar-refractivity contribution in [3.8, 4) is 0 Å². The van der Waals surface area contributed by atoms with Gasteiger partial charge in [-0.1, -0.05) is 6.92 Å². The average molecular weight is 247 g/mol. The fraction of sp³-hybridized carbons (Fsp3) is 0.571. The monoisotopic (exact) mass is 247 g/mol. The first-order valence-electron chi connectivity index (χ1n) is 6.70. The average Bonchev–Trinajstić information content (AvgIpc) is 2.41. The lowest BCUT2D eigenvalue weighted by atomic mass is 9.99. The number of carbonyl (C=O) groups excluding carboxylic acids is 1. The van der Waals surface area contributed by atoms with Crippen molar-refractivity contribution in [3.63, 3.8) is 0 Å². The summed E-state index contributed by atoms with van der Waals surface area (Å²) in [4.78, 5) is 18.5. The van der Waals surface area contributed by atoms with Gasteiger partial charge in [0.2, 0.25) is 5.91 Å². The summed E-state index contributed by atoms with van der Waals surface area (Å²) in [5.74, 6) is 0.193. The summed E-state index contributed by atoms with van der Waals surface area (Å²) in [7, 11) is 0. The van der Waals surface area contributed by atoms with E-state index >= 15 is 0 Å². The van der Waals surface area contributed by atoms with Crippen LogP contribution < -0.4 is 5.73 Å². The molecule has 98 valence electrons. The molecule has 1 fully saturated rings. The van der Waals surface area contributed by atoms with Crippen LogP contribution in [0.4, 0.5) is 5.69 Å². The maximum Gasteiger partial charge on any atom is 0.228 e. The van der Waals surface area contributed by atoms with E-state index < -0.39 is 0 Å². The zero-order chi connectivity index (χ0) is 13.0. The van der Waals surface area contributed by atoms with Crippen LogP contribution in [0.5, 0.6) is 0 Å². The summed E-state index contributed by atoms with van der Waals surface area (Å²) < 4.78 is 0. The Morgan fingerprint density at radius 3 is 3.00 bits per heavy atom. The van der Waals surface area contributed by atoms with Crippen LogP contribution in [0.25, 0.3) is 0 Å². The van der Waals surface area contributed by atoms with Gasteiger partial charge in [0.05, 0.1) is 18.3 Å². The predicted molar refractivity (Wildman–Crippen MR) is 72.0 cm³/mol. The molecule has 4 heteroatoms. The third kappa shape index (κ3) is 3.00. The molecule has 1 unspecified atom stereocenters. The van der Waals surface area contributed by atoms with Crippen LogP contribution in [0.2, 0.25) is 0 Å². The van der Waals surface area contributed by atoms with Crippen molar-refractivity contribution in [1.82, 2.24) is 9.88 Å². The number of amides is 1. The van der Waals surface area contributed by atoms with Gasteiger partial charge in [0.1, 0.15) is 0 Å². The molecule has 1 saturated heterocycles. The molecule has 1 aliphatic rings. The standard InChI is InChI=1S/C14H21N3O/c1-2-13-5-3-4-8-17(13)14(18)9-12-7-6-11(15)10-16-12/h6-7,10,13H,2-5,8-9,15H2,1H3. The number of aromatic nitrogens is 1. The normalized spacial score (nSPS) is 19.8. The number of rotatable bonds is 3. The molecular formula is C14H21N3O. The van der Waals surface area contributed by atoms with Gasteiger partial charge in [-0.25, -0.2) is 0 Å². The Hall–Kier alpha value is -1.58. The number of nitrogens with two attached hydrogens (primary N) is 1. The zero-order valence-corrected chi connectivity index (χ0v) is 10.9. The first kappa shape index (κ1) is 12.9. The maximum atomic E-state index is 12.3. The molecule has 1 aromatic heterocycles. The molecule has 1 amide bonds. The Morgan fingerprint density at radius 2 is 2.33 bits per heavy atom.